The molecule has 1 aliphatic heterocycles. The van der Waals surface area contributed by atoms with Gasteiger partial charge in [-0.05, 0) is 13.0 Å². The summed E-state index contributed by atoms with van der Waals surface area (Å²) >= 11 is 0. The fraction of sp³-hybridized carbons (Fsp3) is 0.900. The zero-order valence-electron chi connectivity index (χ0n) is 8.97. The minimum absolute atomic E-state index is 0.0643. The van der Waals surface area contributed by atoms with E-state index >= 15 is 0 Å². The Morgan fingerprint density at radius 2 is 2.00 bits per heavy atom. The first-order chi connectivity index (χ1) is 7.03. The number of nitrogens with zero attached hydrogens (tertiary/aromatic N) is 1. The van der Waals surface area contributed by atoms with Gasteiger partial charge in [-0.3, -0.25) is 4.79 Å². The number of piperidine rings is 1. The summed E-state index contributed by atoms with van der Waals surface area (Å²) < 4.78 is 30.1. The number of carbonyl (C=O) groups excluding carboxylic acids is 1. The highest BCUT2D eigenvalue weighted by atomic mass is 19.3. The predicted molar refractivity (Wildman–Crippen MR) is 51.9 cm³/mol. The molecule has 0 radical (unpaired) electrons. The third kappa shape index (κ3) is 4.55. The second-order valence-corrected chi connectivity index (χ2v) is 3.88. The van der Waals surface area contributed by atoms with Gasteiger partial charge in [0.1, 0.15) is 0 Å². The van der Waals surface area contributed by atoms with Crippen LogP contribution < -0.4 is 0 Å². The summed E-state index contributed by atoms with van der Waals surface area (Å²) in [5, 5.41) is 0. The Labute approximate surface area is 88.4 Å². The molecule has 1 heterocycles. The molecular weight excluding hydrogens is 204 g/mol. The first-order valence-corrected chi connectivity index (χ1v) is 5.20. The zero-order valence-corrected chi connectivity index (χ0v) is 8.97. The van der Waals surface area contributed by atoms with Gasteiger partial charge in [0, 0.05) is 32.4 Å². The van der Waals surface area contributed by atoms with Gasteiger partial charge in [0.05, 0.1) is 7.11 Å². The molecule has 0 aromatic rings. The Kier molecular flexibility index (Phi) is 4.45. The van der Waals surface area contributed by atoms with E-state index in [2.05, 4.69) is 4.74 Å². The van der Waals surface area contributed by atoms with E-state index in [4.69, 9.17) is 0 Å². The van der Waals surface area contributed by atoms with Gasteiger partial charge in [-0.1, -0.05) is 0 Å². The lowest BCUT2D eigenvalue weighted by Gasteiger charge is -2.31. The smallest absolute Gasteiger partial charge is 0.305 e. The minimum Gasteiger partial charge on any atom is -0.469 e. The average Bonchev–Trinajstić information content (AvgIpc) is 2.20. The average molecular weight is 221 g/mol. The number of carbonyl (C=O) groups is 1. The predicted octanol–water partition coefficient (Wildman–Crippen LogP) is 1.67. The summed E-state index contributed by atoms with van der Waals surface area (Å²) in [5.41, 5.74) is 0. The normalized spacial score (nSPS) is 21.3. The van der Waals surface area contributed by atoms with Crippen molar-refractivity contribution in [2.75, 3.05) is 26.7 Å². The molecule has 88 valence electrons. The van der Waals surface area contributed by atoms with E-state index in [1.54, 1.807) is 0 Å². The Bertz CT molecular complexity index is 211. The molecule has 1 saturated heterocycles. The van der Waals surface area contributed by atoms with Crippen molar-refractivity contribution in [2.45, 2.75) is 31.6 Å². The highest BCUT2D eigenvalue weighted by molar-refractivity contribution is 5.69. The second-order valence-electron chi connectivity index (χ2n) is 3.88. The summed E-state index contributed by atoms with van der Waals surface area (Å²) in [6.45, 7) is 1.55. The van der Waals surface area contributed by atoms with Gasteiger partial charge in [0.25, 0.3) is 5.92 Å². The maximum Gasteiger partial charge on any atom is 0.305 e. The van der Waals surface area contributed by atoms with Crippen molar-refractivity contribution in [1.82, 2.24) is 4.90 Å². The van der Waals surface area contributed by atoms with Crippen molar-refractivity contribution < 1.29 is 18.3 Å². The van der Waals surface area contributed by atoms with Gasteiger partial charge in [-0.15, -0.1) is 0 Å². The quantitative estimate of drug-likeness (QED) is 0.676. The van der Waals surface area contributed by atoms with Gasteiger partial charge in [0.15, 0.2) is 0 Å². The number of alkyl halides is 2. The summed E-state index contributed by atoms with van der Waals surface area (Å²) in [6, 6.07) is 0. The van der Waals surface area contributed by atoms with Gasteiger partial charge in [-0.2, -0.15) is 0 Å². The molecule has 0 aliphatic carbocycles. The van der Waals surface area contributed by atoms with E-state index in [1.807, 2.05) is 4.90 Å². The van der Waals surface area contributed by atoms with E-state index in [0.717, 1.165) is 0 Å². The molecule has 0 amide bonds. The Morgan fingerprint density at radius 3 is 2.53 bits per heavy atom. The molecular formula is C10H17F2NO2. The summed E-state index contributed by atoms with van der Waals surface area (Å²) in [6.07, 6.45) is 0.915. The van der Waals surface area contributed by atoms with Gasteiger partial charge in [-0.25, -0.2) is 8.78 Å². The van der Waals surface area contributed by atoms with Gasteiger partial charge in [0.2, 0.25) is 0 Å². The van der Waals surface area contributed by atoms with E-state index in [9.17, 15) is 13.6 Å². The molecule has 1 rings (SSSR count). The number of hydrogen-bond acceptors (Lipinski definition) is 3. The molecule has 0 N–H and O–H groups in total. The zero-order chi connectivity index (χ0) is 11.3. The molecule has 0 aromatic heterocycles. The Morgan fingerprint density at radius 1 is 1.40 bits per heavy atom. The summed E-state index contributed by atoms with van der Waals surface area (Å²) in [4.78, 5) is 12.8. The van der Waals surface area contributed by atoms with Crippen molar-refractivity contribution in [2.24, 2.45) is 0 Å². The van der Waals surface area contributed by atoms with Crippen LogP contribution in [0.1, 0.15) is 25.7 Å². The van der Waals surface area contributed by atoms with Crippen LogP contribution in [0.4, 0.5) is 8.78 Å². The maximum absolute atomic E-state index is 12.8. The van der Waals surface area contributed by atoms with Crippen LogP contribution in [0.5, 0.6) is 0 Å². The SMILES string of the molecule is COC(=O)CCCN1CCC(F)(F)CC1. The van der Waals surface area contributed by atoms with E-state index in [0.29, 0.717) is 32.5 Å². The Hall–Kier alpha value is -0.710. The first kappa shape index (κ1) is 12.4. The van der Waals surface area contributed by atoms with Crippen LogP contribution in [0.25, 0.3) is 0 Å². The lowest BCUT2D eigenvalue weighted by atomic mass is 10.1. The van der Waals surface area contributed by atoms with Crippen molar-refractivity contribution in [1.29, 1.82) is 0 Å². The first-order valence-electron chi connectivity index (χ1n) is 5.20. The van der Waals surface area contributed by atoms with Crippen molar-refractivity contribution in [3.63, 3.8) is 0 Å². The molecule has 0 aromatic carbocycles. The minimum atomic E-state index is -2.49. The van der Waals surface area contributed by atoms with Crippen LogP contribution in [-0.4, -0.2) is 43.5 Å². The Balaban J connectivity index is 2.11. The van der Waals surface area contributed by atoms with Gasteiger partial charge < -0.3 is 9.64 Å². The molecule has 1 fully saturated rings. The van der Waals surface area contributed by atoms with Crippen LogP contribution in [0.3, 0.4) is 0 Å². The van der Waals surface area contributed by atoms with E-state index in [1.165, 1.54) is 7.11 Å². The molecule has 0 bridgehead atoms. The van der Waals surface area contributed by atoms with Crippen LogP contribution in [0.15, 0.2) is 0 Å². The molecule has 0 unspecified atom stereocenters. The number of halogens is 2. The van der Waals surface area contributed by atoms with Gasteiger partial charge >= 0.3 is 5.97 Å². The standard InChI is InChI=1S/C10H17F2NO2/c1-15-9(14)3-2-6-13-7-4-10(11,12)5-8-13/h2-8H2,1H3. The fourth-order valence-electron chi connectivity index (χ4n) is 1.65. The lowest BCUT2D eigenvalue weighted by Crippen LogP contribution is -2.39. The number of ether oxygens (including phenoxy) is 1. The molecule has 3 nitrogen and oxygen atoms in total. The van der Waals surface area contributed by atoms with Crippen LogP contribution >= 0.6 is 0 Å². The fourth-order valence-corrected chi connectivity index (χ4v) is 1.65. The highest BCUT2D eigenvalue weighted by Gasteiger charge is 2.33. The van der Waals surface area contributed by atoms with Crippen LogP contribution in [0, 0.1) is 0 Å². The van der Waals surface area contributed by atoms with Crippen molar-refractivity contribution in [3.05, 3.63) is 0 Å². The molecule has 0 spiro atoms. The number of likely N-dealkylation sites (tertiary alicyclic amines) is 1. The third-order valence-electron chi connectivity index (χ3n) is 2.67. The third-order valence-corrected chi connectivity index (χ3v) is 2.67. The molecule has 1 aliphatic rings. The van der Waals surface area contributed by atoms with Crippen molar-refractivity contribution in [3.8, 4) is 0 Å². The summed E-state index contributed by atoms with van der Waals surface area (Å²) in [7, 11) is 1.35. The second kappa shape index (κ2) is 5.39. The lowest BCUT2D eigenvalue weighted by molar-refractivity contribution is -0.140. The largest absolute Gasteiger partial charge is 0.469 e. The van der Waals surface area contributed by atoms with E-state index in [-0.39, 0.29) is 18.8 Å². The van der Waals surface area contributed by atoms with Crippen molar-refractivity contribution >= 4 is 5.97 Å². The van der Waals surface area contributed by atoms with E-state index < -0.39 is 5.92 Å². The summed E-state index contributed by atoms with van der Waals surface area (Å²) in [5.74, 6) is -2.73. The maximum atomic E-state index is 12.8. The van der Waals surface area contributed by atoms with Crippen LogP contribution in [-0.2, 0) is 9.53 Å². The molecule has 0 atom stereocenters. The highest BCUT2D eigenvalue weighted by Crippen LogP contribution is 2.27. The molecule has 5 heteroatoms. The topological polar surface area (TPSA) is 29.5 Å². The number of esters is 1. The number of rotatable bonds is 4. The molecule has 0 saturated carbocycles. The molecule has 15 heavy (non-hydrogen) atoms. The van der Waals surface area contributed by atoms with Crippen LogP contribution in [0.2, 0.25) is 0 Å². The number of methoxy groups -OCH3 is 1. The monoisotopic (exact) mass is 221 g/mol. The number of hydrogen-bond donors (Lipinski definition) is 0.